The predicted octanol–water partition coefficient (Wildman–Crippen LogP) is 5.59. The number of hydrogen-bond acceptors (Lipinski definition) is 5. The Kier molecular flexibility index (Phi) is 5.75. The van der Waals surface area contributed by atoms with Crippen LogP contribution in [0, 0.1) is 6.92 Å². The minimum absolute atomic E-state index is 0.0945. The summed E-state index contributed by atoms with van der Waals surface area (Å²) in [5.41, 5.74) is 7.38. The van der Waals surface area contributed by atoms with E-state index in [1.54, 1.807) is 24.3 Å². The molecule has 3 heterocycles. The average molecular weight is 545 g/mol. The molecule has 0 bridgehead atoms. The summed E-state index contributed by atoms with van der Waals surface area (Å²) in [6.45, 7) is 1.85. The largest absolute Gasteiger partial charge is 0.478 e. The summed E-state index contributed by atoms with van der Waals surface area (Å²) in [5.74, 6) is 0.194. The molecule has 1 unspecified atom stereocenters. The van der Waals surface area contributed by atoms with E-state index in [9.17, 15) is 14.7 Å². The molecule has 0 spiro atoms. The van der Waals surface area contributed by atoms with Gasteiger partial charge >= 0.3 is 5.97 Å². The van der Waals surface area contributed by atoms with Gasteiger partial charge in [0.1, 0.15) is 11.5 Å². The van der Waals surface area contributed by atoms with Crippen molar-refractivity contribution in [3.05, 3.63) is 144 Å². The number of carbonyl (C=O) groups is 1. The Morgan fingerprint density at radius 3 is 2.60 bits per heavy atom. The van der Waals surface area contributed by atoms with Crippen LogP contribution in [0.5, 0.6) is 0 Å². The van der Waals surface area contributed by atoms with Crippen LogP contribution in [0.2, 0.25) is 0 Å². The number of furan rings is 1. The molecule has 0 amide bonds. The maximum absolute atomic E-state index is 13.9. The Bertz CT molecular complexity index is 2030. The molecular weight excluding hydrogens is 520 g/mol. The molecule has 1 aliphatic carbocycles. The van der Waals surface area contributed by atoms with Gasteiger partial charge < -0.3 is 9.52 Å². The van der Waals surface area contributed by atoms with Crippen LogP contribution >= 0.6 is 11.3 Å². The standard InChI is InChI=1S/C33H24N2O4S/c1-19-17-22(32(37)38)12-14-24(19)27-16-13-23(39-27)18-28-31(36)35-30(21-8-3-2-4-9-21)26-15-11-20-7-5-6-10-25(20)29(26)34-33(35)40-28/h2-10,12-14,16-18,30H,11,15H2,1H3,(H,37,38)/b28-18+. The van der Waals surface area contributed by atoms with Crippen LogP contribution in [0.15, 0.2) is 105 Å². The summed E-state index contributed by atoms with van der Waals surface area (Å²) in [5, 5.41) is 9.27. The normalized spacial score (nSPS) is 16.2. The Morgan fingerprint density at radius 1 is 1.00 bits per heavy atom. The summed E-state index contributed by atoms with van der Waals surface area (Å²) >= 11 is 1.37. The molecule has 2 aromatic heterocycles. The first kappa shape index (κ1) is 24.3. The monoisotopic (exact) mass is 544 g/mol. The third kappa shape index (κ3) is 3.98. The smallest absolute Gasteiger partial charge is 0.335 e. The molecule has 7 rings (SSSR count). The highest BCUT2D eigenvalue weighted by Crippen LogP contribution is 2.41. The highest BCUT2D eigenvalue weighted by molar-refractivity contribution is 7.07. The Hall–Kier alpha value is -4.75. The van der Waals surface area contributed by atoms with Crippen molar-refractivity contribution in [2.75, 3.05) is 0 Å². The molecule has 0 fully saturated rings. The number of hydrogen-bond donors (Lipinski definition) is 1. The fraction of sp³-hybridized carbons (Fsp3) is 0.121. The third-order valence-electron chi connectivity index (χ3n) is 7.63. The number of carboxylic acids is 1. The molecule has 0 saturated heterocycles. The first-order valence-corrected chi connectivity index (χ1v) is 13.9. The van der Waals surface area contributed by atoms with Crippen LogP contribution in [-0.2, 0) is 6.42 Å². The molecule has 7 heteroatoms. The zero-order valence-corrected chi connectivity index (χ0v) is 22.4. The van der Waals surface area contributed by atoms with Crippen molar-refractivity contribution in [2.24, 2.45) is 4.99 Å². The summed E-state index contributed by atoms with van der Waals surface area (Å²) in [4.78, 5) is 31.0. The van der Waals surface area contributed by atoms with Gasteiger partial charge in [-0.25, -0.2) is 9.79 Å². The van der Waals surface area contributed by atoms with Gasteiger partial charge in [-0.1, -0.05) is 72.0 Å². The van der Waals surface area contributed by atoms with Crippen LogP contribution in [0.1, 0.15) is 50.8 Å². The van der Waals surface area contributed by atoms with E-state index in [2.05, 4.69) is 30.3 Å². The van der Waals surface area contributed by atoms with E-state index in [0.29, 0.717) is 20.9 Å². The van der Waals surface area contributed by atoms with Crippen molar-refractivity contribution in [2.45, 2.75) is 25.8 Å². The van der Waals surface area contributed by atoms with Crippen LogP contribution in [0.25, 0.3) is 23.1 Å². The minimum Gasteiger partial charge on any atom is -0.478 e. The van der Waals surface area contributed by atoms with E-state index >= 15 is 0 Å². The molecule has 3 aromatic carbocycles. The van der Waals surface area contributed by atoms with E-state index in [1.807, 2.05) is 47.9 Å². The zero-order valence-electron chi connectivity index (χ0n) is 21.6. The number of carboxylic acid groups (broad SMARTS) is 1. The minimum atomic E-state index is -0.968. The number of nitrogens with zero attached hydrogens (tertiary/aromatic N) is 2. The highest BCUT2D eigenvalue weighted by atomic mass is 32.1. The molecule has 0 saturated carbocycles. The number of aromatic nitrogens is 1. The lowest BCUT2D eigenvalue weighted by atomic mass is 9.83. The second kappa shape index (κ2) is 9.47. The van der Waals surface area contributed by atoms with Crippen molar-refractivity contribution in [3.8, 4) is 11.3 Å². The lowest BCUT2D eigenvalue weighted by molar-refractivity contribution is 0.0696. The van der Waals surface area contributed by atoms with Crippen molar-refractivity contribution < 1.29 is 14.3 Å². The summed E-state index contributed by atoms with van der Waals surface area (Å²) in [7, 11) is 0. The van der Waals surface area contributed by atoms with Crippen LogP contribution in [0.4, 0.5) is 0 Å². The van der Waals surface area contributed by atoms with Crippen LogP contribution in [0.3, 0.4) is 0 Å². The Morgan fingerprint density at radius 2 is 1.80 bits per heavy atom. The second-order valence-corrected chi connectivity index (χ2v) is 11.1. The SMILES string of the molecule is Cc1cc(C(=O)O)ccc1-c1ccc(/C=c2/sc3n(c2=O)C(c2ccccc2)C2=C(N=3)c3ccccc3CC2)o1. The zero-order chi connectivity index (χ0) is 27.4. The predicted molar refractivity (Wildman–Crippen MR) is 155 cm³/mol. The van der Waals surface area contributed by atoms with Crippen molar-refractivity contribution in [3.63, 3.8) is 0 Å². The van der Waals surface area contributed by atoms with E-state index in [4.69, 9.17) is 9.41 Å². The highest BCUT2D eigenvalue weighted by Gasteiger charge is 2.32. The van der Waals surface area contributed by atoms with Gasteiger partial charge in [0.15, 0.2) is 4.80 Å². The van der Waals surface area contributed by atoms with Gasteiger partial charge in [-0.2, -0.15) is 0 Å². The first-order valence-electron chi connectivity index (χ1n) is 13.1. The second-order valence-electron chi connectivity index (χ2n) is 10.1. The van der Waals surface area contributed by atoms with Crippen LogP contribution in [-0.4, -0.2) is 15.6 Å². The molecule has 40 heavy (non-hydrogen) atoms. The van der Waals surface area contributed by atoms with Gasteiger partial charge in [0, 0.05) is 17.2 Å². The fourth-order valence-electron chi connectivity index (χ4n) is 5.74. The van der Waals surface area contributed by atoms with Crippen LogP contribution < -0.4 is 14.9 Å². The molecular formula is C33H24N2O4S. The fourth-order valence-corrected chi connectivity index (χ4v) is 6.72. The topological polar surface area (TPSA) is 84.8 Å². The van der Waals surface area contributed by atoms with E-state index in [1.165, 1.54) is 22.5 Å². The van der Waals surface area contributed by atoms with Crippen molar-refractivity contribution in [1.82, 2.24) is 4.57 Å². The maximum Gasteiger partial charge on any atom is 0.335 e. The number of rotatable bonds is 4. The summed E-state index contributed by atoms with van der Waals surface area (Å²) < 4.78 is 8.49. The van der Waals surface area contributed by atoms with E-state index in [-0.39, 0.29) is 17.2 Å². The third-order valence-corrected chi connectivity index (χ3v) is 8.61. The lowest BCUT2D eigenvalue weighted by Crippen LogP contribution is -2.38. The maximum atomic E-state index is 13.9. The number of aromatic carboxylic acids is 1. The number of benzene rings is 3. The van der Waals surface area contributed by atoms with Gasteiger partial charge in [0.25, 0.3) is 5.56 Å². The summed E-state index contributed by atoms with van der Waals surface area (Å²) in [6.07, 6.45) is 3.54. The molecule has 1 N–H and O–H groups in total. The first-order chi connectivity index (χ1) is 19.5. The number of fused-ring (bicyclic) bond motifs is 3. The number of thiazole rings is 1. The molecule has 196 valence electrons. The Balaban J connectivity index is 1.36. The molecule has 1 atom stereocenters. The molecule has 1 aliphatic heterocycles. The average Bonchev–Trinajstić information content (AvgIpc) is 3.56. The van der Waals surface area contributed by atoms with Gasteiger partial charge in [-0.3, -0.25) is 9.36 Å². The van der Waals surface area contributed by atoms with Gasteiger partial charge in [-0.15, -0.1) is 0 Å². The van der Waals surface area contributed by atoms with Gasteiger partial charge in [0.05, 0.1) is 21.8 Å². The van der Waals surface area contributed by atoms with E-state index in [0.717, 1.165) is 40.8 Å². The summed E-state index contributed by atoms with van der Waals surface area (Å²) in [6, 6.07) is 27.0. The molecule has 2 aliphatic rings. The molecule has 0 radical (unpaired) electrons. The lowest BCUT2D eigenvalue weighted by Gasteiger charge is -2.30. The van der Waals surface area contributed by atoms with Gasteiger partial charge in [-0.05, 0) is 66.3 Å². The molecule has 6 nitrogen and oxygen atoms in total. The Labute approximate surface area is 233 Å². The molecule has 5 aromatic rings. The van der Waals surface area contributed by atoms with Crippen molar-refractivity contribution >= 4 is 29.1 Å². The van der Waals surface area contributed by atoms with Crippen molar-refractivity contribution in [1.29, 1.82) is 0 Å². The van der Waals surface area contributed by atoms with E-state index < -0.39 is 5.97 Å². The number of aryl methyl sites for hydroxylation is 2. The van der Waals surface area contributed by atoms with Gasteiger partial charge in [0.2, 0.25) is 0 Å². The number of allylic oxidation sites excluding steroid dienone is 1. The quantitative estimate of drug-likeness (QED) is 0.320.